The minimum atomic E-state index is -1.01. The average Bonchev–Trinajstić information content (AvgIpc) is 3.77. The molecule has 10 rings (SSSR count). The van der Waals surface area contributed by atoms with Crippen LogP contribution >= 0.6 is 0 Å². The van der Waals surface area contributed by atoms with Gasteiger partial charge in [0.05, 0.1) is 33.7 Å². The second-order valence-electron chi connectivity index (χ2n) is 14.1. The minimum Gasteiger partial charge on any atom is -0.374 e. The number of rotatable bonds is 5. The zero-order valence-corrected chi connectivity index (χ0v) is 28.2. The highest BCUT2D eigenvalue weighted by molar-refractivity contribution is 6.31. The van der Waals surface area contributed by atoms with Crippen molar-refractivity contribution >= 4 is 55.4 Å². The smallest absolute Gasteiger partial charge is 0.255 e. The number of hydrogen-bond acceptors (Lipinski definition) is 4. The number of benzene rings is 5. The first-order chi connectivity index (χ1) is 24.4. The van der Waals surface area contributed by atoms with E-state index in [9.17, 15) is 9.59 Å². The van der Waals surface area contributed by atoms with Crippen LogP contribution in [0.3, 0.4) is 0 Å². The molecule has 7 aromatic rings. The van der Waals surface area contributed by atoms with Crippen LogP contribution < -0.4 is 0 Å². The molecule has 50 heavy (non-hydrogen) atoms. The molecular weight excluding hydrogens is 624 g/mol. The number of amides is 2. The van der Waals surface area contributed by atoms with Gasteiger partial charge in [0, 0.05) is 60.8 Å². The lowest BCUT2D eigenvalue weighted by atomic mass is 9.91. The molecule has 3 aliphatic heterocycles. The molecular formula is C42H36N4O4. The first kappa shape index (κ1) is 29.5. The second kappa shape index (κ2) is 10.5. The van der Waals surface area contributed by atoms with Crippen molar-refractivity contribution < 1.29 is 19.1 Å². The Bertz CT molecular complexity index is 2540. The Morgan fingerprint density at radius 2 is 1.50 bits per heavy atom. The summed E-state index contributed by atoms with van der Waals surface area (Å²) in [5.74, 6) is -0.0174. The summed E-state index contributed by atoms with van der Waals surface area (Å²) in [4.78, 5) is 32.6. The quantitative estimate of drug-likeness (QED) is 0.189. The highest BCUT2D eigenvalue weighted by Crippen LogP contribution is 2.54. The third-order valence-corrected chi connectivity index (χ3v) is 11.4. The monoisotopic (exact) mass is 660 g/mol. The molecule has 5 aromatic carbocycles. The summed E-state index contributed by atoms with van der Waals surface area (Å²) in [5, 5.41) is 4.14. The maximum Gasteiger partial charge on any atom is 0.255 e. The third-order valence-electron chi connectivity index (χ3n) is 11.4. The van der Waals surface area contributed by atoms with E-state index >= 15 is 0 Å². The Hall–Kier alpha value is -5.44. The van der Waals surface area contributed by atoms with Crippen molar-refractivity contribution in [2.75, 3.05) is 14.2 Å². The highest BCUT2D eigenvalue weighted by Gasteiger charge is 2.55. The Labute approximate surface area is 289 Å². The Kier molecular flexibility index (Phi) is 6.21. The van der Waals surface area contributed by atoms with Crippen molar-refractivity contribution in [1.82, 2.24) is 18.9 Å². The summed E-state index contributed by atoms with van der Waals surface area (Å²) in [6.45, 7) is 3.15. The zero-order chi connectivity index (χ0) is 33.9. The van der Waals surface area contributed by atoms with Gasteiger partial charge in [-0.15, -0.1) is 0 Å². The molecule has 0 radical (unpaired) electrons. The van der Waals surface area contributed by atoms with Crippen molar-refractivity contribution in [2.45, 2.75) is 50.5 Å². The van der Waals surface area contributed by atoms with E-state index in [1.165, 1.54) is 0 Å². The minimum absolute atomic E-state index is 0.0469. The van der Waals surface area contributed by atoms with Gasteiger partial charge < -0.3 is 28.4 Å². The van der Waals surface area contributed by atoms with E-state index in [-0.39, 0.29) is 17.9 Å². The lowest BCUT2D eigenvalue weighted by molar-refractivity contribution is -0.264. The van der Waals surface area contributed by atoms with Gasteiger partial charge in [-0.05, 0) is 42.3 Å². The van der Waals surface area contributed by atoms with Crippen LogP contribution in [0.4, 0.5) is 0 Å². The third kappa shape index (κ3) is 3.77. The number of carbonyl (C=O) groups is 2. The van der Waals surface area contributed by atoms with E-state index < -0.39 is 18.1 Å². The fourth-order valence-electron chi connectivity index (χ4n) is 9.39. The maximum atomic E-state index is 14.7. The molecule has 1 fully saturated rings. The summed E-state index contributed by atoms with van der Waals surface area (Å²) >= 11 is 0. The first-order valence-electron chi connectivity index (χ1n) is 17.3. The number of ether oxygens (including phenoxy) is 2. The van der Waals surface area contributed by atoms with Gasteiger partial charge in [0.2, 0.25) is 0 Å². The van der Waals surface area contributed by atoms with Gasteiger partial charge in [-0.1, -0.05) is 84.9 Å². The van der Waals surface area contributed by atoms with Gasteiger partial charge >= 0.3 is 0 Å². The zero-order valence-electron chi connectivity index (χ0n) is 28.2. The molecule has 2 bridgehead atoms. The Morgan fingerprint density at radius 1 is 0.860 bits per heavy atom. The second-order valence-corrected chi connectivity index (χ2v) is 14.1. The largest absolute Gasteiger partial charge is 0.374 e. The van der Waals surface area contributed by atoms with Crippen molar-refractivity contribution in [3.63, 3.8) is 0 Å². The Morgan fingerprint density at radius 3 is 2.22 bits per heavy atom. The van der Waals surface area contributed by atoms with Gasteiger partial charge in [0.15, 0.2) is 5.72 Å². The van der Waals surface area contributed by atoms with Crippen molar-refractivity contribution in [3.8, 4) is 0 Å². The molecule has 1 saturated heterocycles. The van der Waals surface area contributed by atoms with Crippen LogP contribution in [0.2, 0.25) is 0 Å². The van der Waals surface area contributed by atoms with Crippen LogP contribution in [0.1, 0.15) is 51.4 Å². The number of para-hydroxylation sites is 2. The summed E-state index contributed by atoms with van der Waals surface area (Å²) in [6.07, 6.45) is -0.445. The van der Waals surface area contributed by atoms with E-state index in [1.807, 2.05) is 71.4 Å². The predicted octanol–water partition coefficient (Wildman–Crippen LogP) is 7.82. The van der Waals surface area contributed by atoms with Gasteiger partial charge in [-0.3, -0.25) is 9.59 Å². The SMILES string of the molecule is CO[C@H]1[C@@H](N(C)C(=O)c2ccccc2)C[C@H]2O[C@]1(C)n1c3ccccc3c3c4c(c5c6ccccc6n2c5c31)C(=O)N(Cc1ccccc1)C4. The summed E-state index contributed by atoms with van der Waals surface area (Å²) < 4.78 is 18.4. The predicted molar refractivity (Wildman–Crippen MR) is 194 cm³/mol. The summed E-state index contributed by atoms with van der Waals surface area (Å²) in [6, 6.07) is 36.1. The lowest BCUT2D eigenvalue weighted by Gasteiger charge is -2.50. The fraction of sp³-hybridized carbons (Fsp3) is 0.238. The van der Waals surface area contributed by atoms with E-state index in [2.05, 4.69) is 70.7 Å². The fourth-order valence-corrected chi connectivity index (χ4v) is 9.39. The van der Waals surface area contributed by atoms with Crippen LogP contribution in [0.25, 0.3) is 43.6 Å². The lowest BCUT2D eigenvalue weighted by Crippen LogP contribution is -2.61. The first-order valence-corrected chi connectivity index (χ1v) is 17.3. The molecule has 0 spiro atoms. The molecule has 248 valence electrons. The van der Waals surface area contributed by atoms with Crippen molar-refractivity contribution in [2.24, 2.45) is 0 Å². The Balaban J connectivity index is 1.29. The molecule has 2 aromatic heterocycles. The maximum absolute atomic E-state index is 14.7. The van der Waals surface area contributed by atoms with Crippen molar-refractivity contribution in [3.05, 3.63) is 131 Å². The highest BCUT2D eigenvalue weighted by atomic mass is 16.6. The molecule has 8 nitrogen and oxygen atoms in total. The number of methoxy groups -OCH3 is 1. The normalized spacial score (nSPS) is 22.6. The van der Waals surface area contributed by atoms with Crippen LogP contribution in [-0.2, 0) is 28.3 Å². The van der Waals surface area contributed by atoms with Gasteiger partial charge in [-0.2, -0.15) is 0 Å². The topological polar surface area (TPSA) is 68.9 Å². The molecule has 2 amide bonds. The number of aromatic nitrogens is 2. The van der Waals surface area contributed by atoms with E-state index in [4.69, 9.17) is 9.47 Å². The molecule has 8 heteroatoms. The molecule has 3 aliphatic rings. The summed E-state index contributed by atoms with van der Waals surface area (Å²) in [5.41, 5.74) is 6.59. The number of hydrogen-bond donors (Lipinski definition) is 0. The number of carbonyl (C=O) groups excluding carboxylic acids is 2. The number of fused-ring (bicyclic) bond motifs is 13. The molecule has 5 heterocycles. The van der Waals surface area contributed by atoms with Crippen molar-refractivity contribution in [1.29, 1.82) is 0 Å². The number of nitrogens with zero attached hydrogens (tertiary/aromatic N) is 4. The number of likely N-dealkylation sites (N-methyl/N-ethyl adjacent to an activating group) is 1. The standard InChI is InChI=1S/C42H36N4O4/c1-42-39(49-3)32(43(2)40(47)26-16-8-5-9-17-26)22-33(50-42)45-30-20-12-10-18-27(30)35-36-29(24-44(41(36)48)23-25-14-6-4-7-15-25)34-28-19-11-13-21-31(28)46(42)38(34)37(35)45/h4-21,32-33,39H,22-24H2,1-3H3/t32-,33+,39-,42-/m0/s1. The average molecular weight is 661 g/mol. The van der Waals surface area contributed by atoms with E-state index in [0.717, 1.165) is 60.3 Å². The summed E-state index contributed by atoms with van der Waals surface area (Å²) in [7, 11) is 3.59. The van der Waals surface area contributed by atoms with Gasteiger partial charge in [-0.25, -0.2) is 0 Å². The van der Waals surface area contributed by atoms with Crippen LogP contribution in [0.5, 0.6) is 0 Å². The molecule has 0 unspecified atom stereocenters. The molecule has 0 N–H and O–H groups in total. The van der Waals surface area contributed by atoms with Crippen LogP contribution in [0, 0.1) is 0 Å². The van der Waals surface area contributed by atoms with Gasteiger partial charge in [0.1, 0.15) is 12.3 Å². The van der Waals surface area contributed by atoms with Crippen LogP contribution in [-0.4, -0.2) is 57.1 Å². The van der Waals surface area contributed by atoms with Gasteiger partial charge in [0.25, 0.3) is 11.8 Å². The van der Waals surface area contributed by atoms with Crippen LogP contribution in [0.15, 0.2) is 109 Å². The molecule has 0 saturated carbocycles. The molecule has 4 atom stereocenters. The van der Waals surface area contributed by atoms with E-state index in [1.54, 1.807) is 7.11 Å². The van der Waals surface area contributed by atoms with E-state index in [0.29, 0.717) is 25.1 Å². The molecule has 0 aliphatic carbocycles.